The maximum atomic E-state index is 12.5. The van der Waals surface area contributed by atoms with Crippen molar-refractivity contribution in [3.05, 3.63) is 53.3 Å². The number of imidazole rings is 1. The van der Waals surface area contributed by atoms with Crippen molar-refractivity contribution in [1.29, 1.82) is 0 Å². The molecule has 0 fully saturated rings. The van der Waals surface area contributed by atoms with Crippen molar-refractivity contribution in [2.45, 2.75) is 39.8 Å². The van der Waals surface area contributed by atoms with Gasteiger partial charge in [-0.1, -0.05) is 6.07 Å². The molecule has 2 heterocycles. The van der Waals surface area contributed by atoms with E-state index >= 15 is 0 Å². The lowest BCUT2D eigenvalue weighted by Gasteiger charge is -2.21. The summed E-state index contributed by atoms with van der Waals surface area (Å²) in [6.07, 6.45) is 2.20. The number of ether oxygens (including phenoxy) is 2. The van der Waals surface area contributed by atoms with E-state index in [1.54, 1.807) is 6.33 Å². The second-order valence-corrected chi connectivity index (χ2v) is 7.31. The van der Waals surface area contributed by atoms with Gasteiger partial charge in [-0.3, -0.25) is 4.79 Å². The van der Waals surface area contributed by atoms with Crippen LogP contribution >= 0.6 is 0 Å². The van der Waals surface area contributed by atoms with E-state index in [1.807, 2.05) is 29.7 Å². The Morgan fingerprint density at radius 3 is 2.71 bits per heavy atom. The SMILES string of the molecule is Cc1cc2ncn(CCC(=O)N[C@@H](C)c3ccc4c(c3)OCCO4)c2cc1C. The molecule has 2 aromatic carbocycles. The molecule has 3 aromatic rings. The van der Waals surface area contributed by atoms with Gasteiger partial charge in [0, 0.05) is 13.0 Å². The topological polar surface area (TPSA) is 65.4 Å². The first-order valence-corrected chi connectivity index (χ1v) is 9.62. The van der Waals surface area contributed by atoms with Crippen LogP contribution in [-0.4, -0.2) is 28.7 Å². The molecule has 0 spiro atoms. The van der Waals surface area contributed by atoms with Gasteiger partial charge >= 0.3 is 0 Å². The summed E-state index contributed by atoms with van der Waals surface area (Å²) in [5, 5.41) is 3.06. The highest BCUT2D eigenvalue weighted by atomic mass is 16.6. The third-order valence-electron chi connectivity index (χ3n) is 5.26. The van der Waals surface area contributed by atoms with E-state index in [0.29, 0.717) is 26.2 Å². The number of fused-ring (bicyclic) bond motifs is 2. The Bertz CT molecular complexity index is 1030. The van der Waals surface area contributed by atoms with Crippen molar-refractivity contribution < 1.29 is 14.3 Å². The zero-order valence-electron chi connectivity index (χ0n) is 16.5. The Hall–Kier alpha value is -3.02. The molecule has 1 aromatic heterocycles. The second-order valence-electron chi connectivity index (χ2n) is 7.31. The van der Waals surface area contributed by atoms with Crippen LogP contribution in [0.25, 0.3) is 11.0 Å². The van der Waals surface area contributed by atoms with Crippen LogP contribution in [0.3, 0.4) is 0 Å². The van der Waals surface area contributed by atoms with Crippen LogP contribution in [-0.2, 0) is 11.3 Å². The predicted molar refractivity (Wildman–Crippen MR) is 108 cm³/mol. The molecule has 0 aliphatic carbocycles. The molecule has 1 amide bonds. The number of hydrogen-bond donors (Lipinski definition) is 1. The molecule has 1 aliphatic heterocycles. The van der Waals surface area contributed by atoms with Crippen LogP contribution in [0, 0.1) is 13.8 Å². The lowest BCUT2D eigenvalue weighted by atomic mass is 10.1. The summed E-state index contributed by atoms with van der Waals surface area (Å²) in [4.78, 5) is 16.9. The van der Waals surface area contributed by atoms with E-state index in [-0.39, 0.29) is 11.9 Å². The van der Waals surface area contributed by atoms with Crippen LogP contribution < -0.4 is 14.8 Å². The zero-order chi connectivity index (χ0) is 19.7. The molecule has 1 atom stereocenters. The fourth-order valence-electron chi connectivity index (χ4n) is 3.44. The van der Waals surface area contributed by atoms with Crippen molar-refractivity contribution in [1.82, 2.24) is 14.9 Å². The Labute approximate surface area is 164 Å². The van der Waals surface area contributed by atoms with E-state index in [9.17, 15) is 4.79 Å². The number of carbonyl (C=O) groups excluding carboxylic acids is 1. The average Bonchev–Trinajstić information content (AvgIpc) is 3.08. The van der Waals surface area contributed by atoms with Crippen molar-refractivity contribution in [2.24, 2.45) is 0 Å². The first kappa shape index (κ1) is 18.3. The summed E-state index contributed by atoms with van der Waals surface area (Å²) in [6, 6.07) is 9.92. The Kier molecular flexibility index (Phi) is 4.94. The summed E-state index contributed by atoms with van der Waals surface area (Å²) in [5.41, 5.74) is 5.48. The van der Waals surface area contributed by atoms with E-state index in [1.165, 1.54) is 11.1 Å². The predicted octanol–water partition coefficient (Wildman–Crippen LogP) is 3.69. The molecule has 0 saturated carbocycles. The van der Waals surface area contributed by atoms with E-state index in [2.05, 4.69) is 36.3 Å². The van der Waals surface area contributed by atoms with E-state index < -0.39 is 0 Å². The minimum atomic E-state index is -0.104. The lowest BCUT2D eigenvalue weighted by molar-refractivity contribution is -0.121. The molecule has 6 nitrogen and oxygen atoms in total. The molecular weight excluding hydrogens is 354 g/mol. The number of carbonyl (C=O) groups is 1. The van der Waals surface area contributed by atoms with Gasteiger partial charge in [-0.2, -0.15) is 0 Å². The van der Waals surface area contributed by atoms with Gasteiger partial charge in [0.05, 0.1) is 23.4 Å². The van der Waals surface area contributed by atoms with Gasteiger partial charge in [0.2, 0.25) is 5.91 Å². The second kappa shape index (κ2) is 7.54. The third-order valence-corrected chi connectivity index (χ3v) is 5.26. The largest absolute Gasteiger partial charge is 0.486 e. The summed E-state index contributed by atoms with van der Waals surface area (Å²) in [6.45, 7) is 7.87. The number of amides is 1. The van der Waals surface area contributed by atoms with Crippen LogP contribution in [0.4, 0.5) is 0 Å². The van der Waals surface area contributed by atoms with Crippen LogP contribution in [0.1, 0.15) is 36.1 Å². The number of nitrogens with zero attached hydrogens (tertiary/aromatic N) is 2. The average molecular weight is 379 g/mol. The summed E-state index contributed by atoms with van der Waals surface area (Å²) in [5.74, 6) is 1.50. The van der Waals surface area contributed by atoms with Gasteiger partial charge in [-0.25, -0.2) is 4.98 Å². The van der Waals surface area contributed by atoms with Gasteiger partial charge in [-0.05, 0) is 61.7 Å². The van der Waals surface area contributed by atoms with Crippen molar-refractivity contribution in [3.8, 4) is 11.5 Å². The maximum absolute atomic E-state index is 12.5. The number of hydrogen-bond acceptors (Lipinski definition) is 4. The van der Waals surface area contributed by atoms with E-state index in [0.717, 1.165) is 28.1 Å². The number of nitrogens with one attached hydrogen (secondary N) is 1. The smallest absolute Gasteiger partial charge is 0.222 e. The Morgan fingerprint density at radius 1 is 1.14 bits per heavy atom. The maximum Gasteiger partial charge on any atom is 0.222 e. The first-order valence-electron chi connectivity index (χ1n) is 9.62. The van der Waals surface area contributed by atoms with Crippen molar-refractivity contribution in [2.75, 3.05) is 13.2 Å². The van der Waals surface area contributed by atoms with Crippen LogP contribution in [0.5, 0.6) is 11.5 Å². The molecule has 28 heavy (non-hydrogen) atoms. The van der Waals surface area contributed by atoms with Crippen molar-refractivity contribution >= 4 is 16.9 Å². The molecule has 146 valence electrons. The normalized spacial score (nSPS) is 14.1. The fraction of sp³-hybridized carbons (Fsp3) is 0.364. The lowest BCUT2D eigenvalue weighted by Crippen LogP contribution is -2.27. The molecule has 1 N–H and O–H groups in total. The Morgan fingerprint density at radius 2 is 1.89 bits per heavy atom. The van der Waals surface area contributed by atoms with Crippen LogP contribution in [0.2, 0.25) is 0 Å². The van der Waals surface area contributed by atoms with E-state index in [4.69, 9.17) is 9.47 Å². The van der Waals surface area contributed by atoms with Gasteiger partial charge in [-0.15, -0.1) is 0 Å². The number of rotatable bonds is 5. The minimum Gasteiger partial charge on any atom is -0.486 e. The molecule has 4 rings (SSSR count). The number of benzene rings is 2. The summed E-state index contributed by atoms with van der Waals surface area (Å²) < 4.78 is 13.2. The highest BCUT2D eigenvalue weighted by Crippen LogP contribution is 2.32. The van der Waals surface area contributed by atoms with Gasteiger partial charge in [0.1, 0.15) is 13.2 Å². The minimum absolute atomic E-state index is 0.00747. The highest BCUT2D eigenvalue weighted by Gasteiger charge is 2.16. The molecule has 0 unspecified atom stereocenters. The van der Waals surface area contributed by atoms with Crippen LogP contribution in [0.15, 0.2) is 36.7 Å². The fourth-order valence-corrected chi connectivity index (χ4v) is 3.44. The quantitative estimate of drug-likeness (QED) is 0.734. The first-order chi connectivity index (χ1) is 13.5. The van der Waals surface area contributed by atoms with Gasteiger partial charge in [0.15, 0.2) is 11.5 Å². The number of aromatic nitrogens is 2. The standard InChI is InChI=1S/C22H25N3O3/c1-14-10-18-19(11-15(14)2)25(13-23-18)7-6-22(26)24-16(3)17-4-5-20-21(12-17)28-9-8-27-20/h4-5,10-13,16H,6-9H2,1-3H3,(H,24,26)/t16-/m0/s1. The number of aryl methyl sites for hydroxylation is 3. The molecule has 0 radical (unpaired) electrons. The Balaban J connectivity index is 1.39. The molecule has 0 saturated heterocycles. The summed E-state index contributed by atoms with van der Waals surface area (Å²) >= 11 is 0. The zero-order valence-corrected chi connectivity index (χ0v) is 16.5. The van der Waals surface area contributed by atoms with Gasteiger partial charge < -0.3 is 19.4 Å². The highest BCUT2D eigenvalue weighted by molar-refractivity contribution is 5.79. The molecule has 1 aliphatic rings. The summed E-state index contributed by atoms with van der Waals surface area (Å²) in [7, 11) is 0. The van der Waals surface area contributed by atoms with Crippen molar-refractivity contribution in [3.63, 3.8) is 0 Å². The molecular formula is C22H25N3O3. The molecule has 6 heteroatoms. The molecule has 0 bridgehead atoms. The third kappa shape index (κ3) is 3.67. The monoisotopic (exact) mass is 379 g/mol. The van der Waals surface area contributed by atoms with Gasteiger partial charge in [0.25, 0.3) is 0 Å².